The van der Waals surface area contributed by atoms with Gasteiger partial charge in [-0.1, -0.05) is 31.1 Å². The van der Waals surface area contributed by atoms with Gasteiger partial charge in [0, 0.05) is 6.42 Å². The van der Waals surface area contributed by atoms with E-state index < -0.39 is 36.7 Å². The number of hydrogen-bond donors (Lipinski definition) is 0. The molecular weight excluding hydrogens is 382 g/mol. The highest BCUT2D eigenvalue weighted by molar-refractivity contribution is 5.26. The topological polar surface area (TPSA) is 9.23 Å². The zero-order valence-electron chi connectivity index (χ0n) is 15.9. The maximum Gasteiger partial charge on any atom is 0.419 e. The molecule has 0 aliphatic heterocycles. The first-order valence-corrected chi connectivity index (χ1v) is 9.59. The summed E-state index contributed by atoms with van der Waals surface area (Å²) >= 11 is 0. The largest absolute Gasteiger partial charge is 0.419 e. The summed E-state index contributed by atoms with van der Waals surface area (Å²) in [4.78, 5) is 0. The Morgan fingerprint density at radius 1 is 1.04 bits per heavy atom. The number of alkyl halides is 5. The van der Waals surface area contributed by atoms with Crippen molar-refractivity contribution >= 4 is 0 Å². The Morgan fingerprint density at radius 3 is 2.25 bits per heavy atom. The van der Waals surface area contributed by atoms with E-state index in [1.807, 2.05) is 13.0 Å². The molecule has 0 aromatic heterocycles. The lowest BCUT2D eigenvalue weighted by molar-refractivity contribution is -0.256. The van der Waals surface area contributed by atoms with Crippen LogP contribution in [0.3, 0.4) is 0 Å². The van der Waals surface area contributed by atoms with Gasteiger partial charge in [-0.2, -0.15) is 22.0 Å². The van der Waals surface area contributed by atoms with Crippen molar-refractivity contribution in [1.29, 1.82) is 0 Å². The molecule has 0 heterocycles. The van der Waals surface area contributed by atoms with E-state index in [0.29, 0.717) is 30.9 Å². The predicted molar refractivity (Wildman–Crippen MR) is 95.3 cm³/mol. The summed E-state index contributed by atoms with van der Waals surface area (Å²) in [5.74, 6) is -1.07. The van der Waals surface area contributed by atoms with E-state index >= 15 is 0 Å². The van der Waals surface area contributed by atoms with E-state index in [1.165, 1.54) is 0 Å². The zero-order chi connectivity index (χ0) is 20.8. The Kier molecular flexibility index (Phi) is 7.98. The van der Waals surface area contributed by atoms with Crippen LogP contribution in [0.25, 0.3) is 0 Å². The third kappa shape index (κ3) is 7.15. The second-order valence-electron chi connectivity index (χ2n) is 7.48. The molecule has 1 aliphatic rings. The lowest BCUT2D eigenvalue weighted by Crippen LogP contribution is -2.27. The lowest BCUT2D eigenvalue weighted by atomic mass is 9.78. The molecule has 0 bridgehead atoms. The molecule has 7 heteroatoms. The third-order valence-electron chi connectivity index (χ3n) is 5.26. The summed E-state index contributed by atoms with van der Waals surface area (Å²) in [7, 11) is 0. The molecule has 1 aliphatic carbocycles. The highest BCUT2D eigenvalue weighted by Crippen LogP contribution is 2.38. The highest BCUT2D eigenvalue weighted by Gasteiger charge is 2.36. The second-order valence-corrected chi connectivity index (χ2v) is 7.48. The van der Waals surface area contributed by atoms with Crippen LogP contribution in [0.1, 0.15) is 63.0 Å². The van der Waals surface area contributed by atoms with Crippen molar-refractivity contribution in [2.45, 2.75) is 70.8 Å². The molecule has 0 radical (unpaired) electrons. The monoisotopic (exact) mass is 408 g/mol. The Morgan fingerprint density at radius 2 is 1.68 bits per heavy atom. The molecule has 2 rings (SSSR count). The van der Waals surface area contributed by atoms with E-state index in [1.54, 1.807) is 0 Å². The number of ether oxygens (including phenoxy) is 1. The van der Waals surface area contributed by atoms with Crippen LogP contribution in [0.2, 0.25) is 0 Å². The van der Waals surface area contributed by atoms with Crippen LogP contribution in [-0.2, 0) is 17.5 Å². The molecule has 1 fully saturated rings. The smallest absolute Gasteiger partial charge is 0.316 e. The van der Waals surface area contributed by atoms with Gasteiger partial charge >= 0.3 is 12.3 Å². The summed E-state index contributed by atoms with van der Waals surface area (Å²) in [5.41, 5.74) is -1.48. The Hall–Kier alpha value is -1.50. The minimum Gasteiger partial charge on any atom is -0.316 e. The fourth-order valence-corrected chi connectivity index (χ4v) is 3.69. The lowest BCUT2D eigenvalue weighted by Gasteiger charge is -2.30. The molecule has 1 aromatic carbocycles. The number of benzene rings is 1. The Bertz CT molecular complexity index is 645. The molecule has 1 saturated carbocycles. The van der Waals surface area contributed by atoms with Gasteiger partial charge in [-0.15, -0.1) is 0 Å². The van der Waals surface area contributed by atoms with Crippen LogP contribution in [-0.4, -0.2) is 6.11 Å². The Balaban J connectivity index is 1.80. The predicted octanol–water partition coefficient (Wildman–Crippen LogP) is 7.51. The molecule has 1 nitrogen and oxygen atoms in total. The van der Waals surface area contributed by atoms with Crippen LogP contribution >= 0.6 is 0 Å². The van der Waals surface area contributed by atoms with Gasteiger partial charge in [0.15, 0.2) is 0 Å². The average molecular weight is 408 g/mol. The average Bonchev–Trinajstić information content (AvgIpc) is 2.60. The normalized spacial score (nSPS) is 21.4. The zero-order valence-corrected chi connectivity index (χ0v) is 15.9. The molecule has 28 heavy (non-hydrogen) atoms. The highest BCUT2D eigenvalue weighted by atomic mass is 19.4. The summed E-state index contributed by atoms with van der Waals surface area (Å²) < 4.78 is 83.9. The fraction of sp³-hybridized carbons (Fsp3) is 0.619. The van der Waals surface area contributed by atoms with Crippen LogP contribution < -0.4 is 0 Å². The van der Waals surface area contributed by atoms with E-state index in [2.05, 4.69) is 10.8 Å². The number of allylic oxidation sites excluding steroid dienone is 2. The molecule has 0 spiro atoms. The SMILES string of the molecule is CC=CCCC1CCC(CC(F)(F)OCc2ccc(C(F)(F)F)c(F)c2)CC1. The molecular formula is C21H26F6O. The maximum absolute atomic E-state index is 14.1. The van der Waals surface area contributed by atoms with E-state index in [-0.39, 0.29) is 11.5 Å². The second kappa shape index (κ2) is 9.81. The van der Waals surface area contributed by atoms with Crippen molar-refractivity contribution in [3.05, 3.63) is 47.3 Å². The summed E-state index contributed by atoms with van der Waals surface area (Å²) in [5, 5.41) is 0. The van der Waals surface area contributed by atoms with Crippen molar-refractivity contribution in [2.75, 3.05) is 0 Å². The first kappa shape index (κ1) is 22.8. The van der Waals surface area contributed by atoms with Gasteiger partial charge in [0.05, 0.1) is 12.2 Å². The molecule has 0 unspecified atom stereocenters. The van der Waals surface area contributed by atoms with Gasteiger partial charge in [0.1, 0.15) is 5.82 Å². The van der Waals surface area contributed by atoms with Crippen molar-refractivity contribution in [3.8, 4) is 0 Å². The minimum absolute atomic E-state index is 0.0575. The van der Waals surface area contributed by atoms with Gasteiger partial charge < -0.3 is 4.74 Å². The van der Waals surface area contributed by atoms with E-state index in [4.69, 9.17) is 0 Å². The maximum atomic E-state index is 14.1. The van der Waals surface area contributed by atoms with Crippen LogP contribution in [0, 0.1) is 17.7 Å². The summed E-state index contributed by atoms with van der Waals surface area (Å²) in [6.45, 7) is 1.33. The van der Waals surface area contributed by atoms with Crippen LogP contribution in [0.4, 0.5) is 26.3 Å². The molecule has 0 saturated heterocycles. The van der Waals surface area contributed by atoms with Crippen LogP contribution in [0.15, 0.2) is 30.4 Å². The molecule has 1 aromatic rings. The van der Waals surface area contributed by atoms with E-state index in [9.17, 15) is 26.3 Å². The van der Waals surface area contributed by atoms with Gasteiger partial charge in [-0.05, 0) is 62.1 Å². The van der Waals surface area contributed by atoms with Crippen LogP contribution in [0.5, 0.6) is 0 Å². The first-order chi connectivity index (χ1) is 13.1. The third-order valence-corrected chi connectivity index (χ3v) is 5.26. The van der Waals surface area contributed by atoms with Crippen molar-refractivity contribution < 1.29 is 31.1 Å². The molecule has 158 valence electrons. The quantitative estimate of drug-likeness (QED) is 0.319. The molecule has 0 atom stereocenters. The van der Waals surface area contributed by atoms with Gasteiger partial charge in [-0.25, -0.2) is 4.39 Å². The summed E-state index contributed by atoms with van der Waals surface area (Å²) in [6.07, 6.45) is 0.842. The number of halogens is 6. The first-order valence-electron chi connectivity index (χ1n) is 9.59. The van der Waals surface area contributed by atoms with Gasteiger partial charge in [0.25, 0.3) is 0 Å². The minimum atomic E-state index is -4.82. The Labute approximate surface area is 161 Å². The standard InChI is InChI=1S/C21H26F6O/c1-2-3-4-5-15-6-8-16(9-7-15)13-20(23,24)28-14-17-10-11-18(19(22)12-17)21(25,26)27/h2-3,10-12,15-16H,4-9,13-14H2,1H3. The summed E-state index contributed by atoms with van der Waals surface area (Å²) in [6, 6.07) is 2.09. The number of rotatable bonds is 8. The molecule has 0 N–H and O–H groups in total. The fourth-order valence-electron chi connectivity index (χ4n) is 3.69. The number of hydrogen-bond acceptors (Lipinski definition) is 1. The molecule has 0 amide bonds. The van der Waals surface area contributed by atoms with Crippen molar-refractivity contribution in [1.82, 2.24) is 0 Å². The van der Waals surface area contributed by atoms with Gasteiger partial charge in [0.2, 0.25) is 0 Å². The van der Waals surface area contributed by atoms with Crippen molar-refractivity contribution in [3.63, 3.8) is 0 Å². The van der Waals surface area contributed by atoms with E-state index in [0.717, 1.165) is 31.7 Å². The van der Waals surface area contributed by atoms with Crippen molar-refractivity contribution in [2.24, 2.45) is 11.8 Å². The van der Waals surface area contributed by atoms with Gasteiger partial charge in [-0.3, -0.25) is 0 Å².